The molecule has 0 unspecified atom stereocenters. The summed E-state index contributed by atoms with van der Waals surface area (Å²) in [6.45, 7) is 2.09. The molecule has 5 nitrogen and oxygen atoms in total. The van der Waals surface area contributed by atoms with Crippen LogP contribution >= 0.6 is 0 Å². The first-order chi connectivity index (χ1) is 10.6. The van der Waals surface area contributed by atoms with E-state index in [1.165, 1.54) is 5.56 Å². The summed E-state index contributed by atoms with van der Waals surface area (Å²) in [5.74, 6) is -1.40. The van der Waals surface area contributed by atoms with Gasteiger partial charge in [-0.3, -0.25) is 9.59 Å². The molecule has 0 spiro atoms. The molecule has 1 aromatic rings. The van der Waals surface area contributed by atoms with E-state index in [9.17, 15) is 9.59 Å². The number of carboxylic acids is 1. The molecule has 1 aliphatic rings. The molecule has 1 aromatic carbocycles. The highest BCUT2D eigenvalue weighted by molar-refractivity contribution is 5.76. The van der Waals surface area contributed by atoms with Gasteiger partial charge in [0.1, 0.15) is 6.10 Å². The first-order valence-corrected chi connectivity index (χ1v) is 7.78. The van der Waals surface area contributed by atoms with Crippen molar-refractivity contribution in [2.75, 3.05) is 0 Å². The molecule has 0 aromatic heterocycles. The third-order valence-corrected chi connectivity index (χ3v) is 4.04. The summed E-state index contributed by atoms with van der Waals surface area (Å²) in [5.41, 5.74) is 1.20. The summed E-state index contributed by atoms with van der Waals surface area (Å²) in [5, 5.41) is 12.1. The third kappa shape index (κ3) is 4.84. The van der Waals surface area contributed by atoms with Gasteiger partial charge in [-0.25, -0.2) is 0 Å². The number of rotatable bonds is 7. The van der Waals surface area contributed by atoms with Gasteiger partial charge in [0, 0.05) is 12.1 Å². The number of carbonyl (C=O) groups is 2. The van der Waals surface area contributed by atoms with Gasteiger partial charge in [-0.05, 0) is 31.7 Å². The van der Waals surface area contributed by atoms with Crippen LogP contribution in [-0.2, 0) is 14.3 Å². The van der Waals surface area contributed by atoms with E-state index in [-0.39, 0.29) is 31.0 Å². The lowest BCUT2D eigenvalue weighted by atomic mass is 10.1. The molecule has 1 aliphatic carbocycles. The van der Waals surface area contributed by atoms with Crippen molar-refractivity contribution in [1.82, 2.24) is 5.32 Å². The molecule has 5 heteroatoms. The van der Waals surface area contributed by atoms with E-state index in [1.807, 2.05) is 18.2 Å². The minimum Gasteiger partial charge on any atom is -0.481 e. The van der Waals surface area contributed by atoms with E-state index in [0.29, 0.717) is 0 Å². The van der Waals surface area contributed by atoms with Crippen LogP contribution in [0.4, 0.5) is 0 Å². The van der Waals surface area contributed by atoms with Gasteiger partial charge in [0.15, 0.2) is 0 Å². The molecule has 0 aliphatic heterocycles. The molecular formula is C17H23NO4. The summed E-state index contributed by atoms with van der Waals surface area (Å²) in [4.78, 5) is 22.2. The molecule has 3 atom stereocenters. The van der Waals surface area contributed by atoms with Gasteiger partial charge in [-0.2, -0.15) is 0 Å². The maximum Gasteiger partial charge on any atom is 0.306 e. The first-order valence-electron chi connectivity index (χ1n) is 7.78. The lowest BCUT2D eigenvalue weighted by Gasteiger charge is -2.25. The van der Waals surface area contributed by atoms with Crippen LogP contribution in [0.5, 0.6) is 0 Å². The van der Waals surface area contributed by atoms with Gasteiger partial charge in [-0.1, -0.05) is 30.3 Å². The topological polar surface area (TPSA) is 75.6 Å². The van der Waals surface area contributed by atoms with Crippen molar-refractivity contribution in [3.63, 3.8) is 0 Å². The Morgan fingerprint density at radius 3 is 2.68 bits per heavy atom. The normalized spacial score (nSPS) is 22.2. The van der Waals surface area contributed by atoms with Gasteiger partial charge >= 0.3 is 11.9 Å². The molecule has 2 rings (SSSR count). The van der Waals surface area contributed by atoms with E-state index >= 15 is 0 Å². The number of ether oxygens (including phenoxy) is 1. The molecule has 1 saturated carbocycles. The number of carbonyl (C=O) groups excluding carboxylic acids is 1. The molecule has 0 bridgehead atoms. The third-order valence-electron chi connectivity index (χ3n) is 4.04. The van der Waals surface area contributed by atoms with Crippen molar-refractivity contribution in [3.05, 3.63) is 35.9 Å². The largest absolute Gasteiger partial charge is 0.481 e. The van der Waals surface area contributed by atoms with Crippen molar-refractivity contribution in [1.29, 1.82) is 0 Å². The Kier molecular flexibility index (Phi) is 5.95. The fourth-order valence-electron chi connectivity index (χ4n) is 2.85. The first kappa shape index (κ1) is 16.5. The maximum absolute atomic E-state index is 11.7. The molecule has 0 amide bonds. The Morgan fingerprint density at radius 1 is 1.27 bits per heavy atom. The Bertz CT molecular complexity index is 503. The summed E-state index contributed by atoms with van der Waals surface area (Å²) in [6.07, 6.45) is 2.41. The minimum absolute atomic E-state index is 0.0627. The van der Waals surface area contributed by atoms with Gasteiger partial charge in [-0.15, -0.1) is 0 Å². The average molecular weight is 305 g/mol. The number of hydrogen-bond donors (Lipinski definition) is 2. The SMILES string of the molecule is C[C@H](N[C@H]1CCC[C@@H]1OC(=O)CCC(=O)O)c1ccccc1. The average Bonchev–Trinajstić information content (AvgIpc) is 2.93. The standard InChI is InChI=1S/C17H23NO4/c1-12(13-6-3-2-4-7-13)18-14-8-5-9-15(14)22-17(21)11-10-16(19)20/h2-4,6-7,12,14-15,18H,5,8-11H2,1H3,(H,19,20)/t12-,14-,15-/m0/s1. The van der Waals surface area contributed by atoms with Crippen molar-refractivity contribution in [3.8, 4) is 0 Å². The van der Waals surface area contributed by atoms with Gasteiger partial charge in [0.2, 0.25) is 0 Å². The summed E-state index contributed by atoms with van der Waals surface area (Å²) >= 11 is 0. The highest BCUT2D eigenvalue weighted by atomic mass is 16.5. The van der Waals surface area contributed by atoms with Crippen LogP contribution in [0.2, 0.25) is 0 Å². The van der Waals surface area contributed by atoms with Crippen LogP contribution in [0.3, 0.4) is 0 Å². The van der Waals surface area contributed by atoms with Crippen molar-refractivity contribution in [2.24, 2.45) is 0 Å². The fraction of sp³-hybridized carbons (Fsp3) is 0.529. The van der Waals surface area contributed by atoms with Crippen LogP contribution < -0.4 is 5.32 Å². The van der Waals surface area contributed by atoms with Crippen molar-refractivity contribution >= 4 is 11.9 Å². The lowest BCUT2D eigenvalue weighted by molar-refractivity contribution is -0.152. The monoisotopic (exact) mass is 305 g/mol. The van der Waals surface area contributed by atoms with Gasteiger partial charge < -0.3 is 15.2 Å². The number of benzene rings is 1. The second-order valence-corrected chi connectivity index (χ2v) is 5.76. The van der Waals surface area contributed by atoms with Crippen LogP contribution in [0, 0.1) is 0 Å². The second-order valence-electron chi connectivity index (χ2n) is 5.76. The number of hydrogen-bond acceptors (Lipinski definition) is 4. The molecule has 1 fully saturated rings. The molecule has 0 radical (unpaired) electrons. The molecule has 120 valence electrons. The van der Waals surface area contributed by atoms with Crippen molar-refractivity contribution in [2.45, 2.75) is 57.2 Å². The van der Waals surface area contributed by atoms with Gasteiger partial charge in [0.05, 0.1) is 12.8 Å². The predicted molar refractivity (Wildman–Crippen MR) is 82.4 cm³/mol. The van der Waals surface area contributed by atoms with Crippen LogP contribution in [-0.4, -0.2) is 29.2 Å². The summed E-state index contributed by atoms with van der Waals surface area (Å²) in [6, 6.07) is 10.4. The highest BCUT2D eigenvalue weighted by Crippen LogP contribution is 2.25. The Labute approximate surface area is 130 Å². The highest BCUT2D eigenvalue weighted by Gasteiger charge is 2.31. The van der Waals surface area contributed by atoms with Crippen molar-refractivity contribution < 1.29 is 19.4 Å². The zero-order chi connectivity index (χ0) is 15.9. The van der Waals surface area contributed by atoms with E-state index < -0.39 is 11.9 Å². The summed E-state index contributed by atoms with van der Waals surface area (Å²) < 4.78 is 5.45. The Morgan fingerprint density at radius 2 is 2.00 bits per heavy atom. The van der Waals surface area contributed by atoms with Gasteiger partial charge in [0.25, 0.3) is 0 Å². The Balaban J connectivity index is 1.85. The van der Waals surface area contributed by atoms with E-state index in [4.69, 9.17) is 9.84 Å². The van der Waals surface area contributed by atoms with Crippen LogP contribution in [0.25, 0.3) is 0 Å². The predicted octanol–water partition coefficient (Wildman–Crippen LogP) is 2.67. The maximum atomic E-state index is 11.7. The number of aliphatic carboxylic acids is 1. The molecule has 0 saturated heterocycles. The number of esters is 1. The van der Waals surface area contributed by atoms with Crippen LogP contribution in [0.15, 0.2) is 30.3 Å². The van der Waals surface area contributed by atoms with Crippen LogP contribution in [0.1, 0.15) is 50.6 Å². The van der Waals surface area contributed by atoms with E-state index in [0.717, 1.165) is 19.3 Å². The minimum atomic E-state index is -0.976. The Hall–Kier alpha value is -1.88. The molecule has 2 N–H and O–H groups in total. The number of carboxylic acid groups (broad SMARTS) is 1. The van der Waals surface area contributed by atoms with E-state index in [2.05, 4.69) is 24.4 Å². The molecule has 0 heterocycles. The summed E-state index contributed by atoms with van der Waals surface area (Å²) in [7, 11) is 0. The molecular weight excluding hydrogens is 282 g/mol. The zero-order valence-electron chi connectivity index (χ0n) is 12.8. The van der Waals surface area contributed by atoms with E-state index in [1.54, 1.807) is 0 Å². The smallest absolute Gasteiger partial charge is 0.306 e. The second kappa shape index (κ2) is 7.94. The zero-order valence-corrected chi connectivity index (χ0v) is 12.8. The quantitative estimate of drug-likeness (QED) is 0.757. The fourth-order valence-corrected chi connectivity index (χ4v) is 2.85. The number of nitrogens with one attached hydrogen (secondary N) is 1. The molecule has 22 heavy (non-hydrogen) atoms. The lowest BCUT2D eigenvalue weighted by Crippen LogP contribution is -2.39.